The maximum atomic E-state index is 13.0. The number of nitrogens with zero attached hydrogens (tertiary/aromatic N) is 1. The van der Waals surface area contributed by atoms with Gasteiger partial charge >= 0.3 is 0 Å². The van der Waals surface area contributed by atoms with Crippen molar-refractivity contribution in [1.29, 1.82) is 0 Å². The number of likely N-dealkylation sites (tertiary alicyclic amines) is 1. The number of carbonyl (C=O) groups is 1. The number of hydrogen-bond acceptors (Lipinski definition) is 4. The lowest BCUT2D eigenvalue weighted by Crippen LogP contribution is -2.72. The van der Waals surface area contributed by atoms with Crippen LogP contribution in [0.5, 0.6) is 5.75 Å². The minimum Gasteiger partial charge on any atom is -0.481 e. The highest BCUT2D eigenvalue weighted by molar-refractivity contribution is 5.88. The molecule has 1 unspecified atom stereocenters. The van der Waals surface area contributed by atoms with Gasteiger partial charge in [-0.15, -0.1) is 0 Å². The van der Waals surface area contributed by atoms with Crippen molar-refractivity contribution in [2.24, 2.45) is 5.92 Å². The second-order valence-electron chi connectivity index (χ2n) is 9.83. The van der Waals surface area contributed by atoms with Gasteiger partial charge < -0.3 is 18.7 Å². The lowest BCUT2D eigenvalue weighted by Gasteiger charge is -2.60. The molecule has 3 aliphatic heterocycles. The third-order valence-corrected chi connectivity index (χ3v) is 8.40. The van der Waals surface area contributed by atoms with Crippen LogP contribution in [0, 0.1) is 12.8 Å². The first-order valence-corrected chi connectivity index (χ1v) is 10.7. The fraction of sp³-hybridized carbons (Fsp3) is 0.542. The molecule has 152 valence electrons. The molecule has 0 amide bonds. The Morgan fingerprint density at radius 1 is 1.28 bits per heavy atom. The number of carbonyl (C=O) groups excluding carboxylic acids is 1. The fourth-order valence-corrected chi connectivity index (χ4v) is 7.06. The third kappa shape index (κ3) is 2.07. The van der Waals surface area contributed by atoms with E-state index < -0.39 is 0 Å². The van der Waals surface area contributed by atoms with Gasteiger partial charge in [-0.2, -0.15) is 0 Å². The van der Waals surface area contributed by atoms with Crippen LogP contribution in [0.3, 0.4) is 0 Å². The van der Waals surface area contributed by atoms with Gasteiger partial charge in [0.25, 0.3) is 5.95 Å². The van der Waals surface area contributed by atoms with E-state index in [1.165, 1.54) is 11.1 Å². The standard InChI is InChI=1S/C24H28NO4/c1-13-5-6-16-11-18-17-7-8-19(26)23-24(17,21(16)22(13)29-23)9-10-25(18,4)12-20-14(2)27-15(3)28-20/h5-6,17-18,23H,3,7-12H2,1-2,4H3/q+1/t17-,18?,23-,24-,25+/m0/s1. The third-order valence-electron chi connectivity index (χ3n) is 8.40. The van der Waals surface area contributed by atoms with Crippen molar-refractivity contribution in [3.8, 4) is 5.75 Å². The van der Waals surface area contributed by atoms with Gasteiger partial charge in [0.15, 0.2) is 17.6 Å². The van der Waals surface area contributed by atoms with E-state index in [-0.39, 0.29) is 11.5 Å². The molecule has 0 aromatic heterocycles. The topological polar surface area (TPSA) is 44.8 Å². The van der Waals surface area contributed by atoms with E-state index in [1.54, 1.807) is 0 Å². The monoisotopic (exact) mass is 394 g/mol. The summed E-state index contributed by atoms with van der Waals surface area (Å²) < 4.78 is 18.7. The summed E-state index contributed by atoms with van der Waals surface area (Å²) in [5.74, 6) is 3.86. The number of piperidine rings is 1. The molecular weight excluding hydrogens is 366 g/mol. The largest absolute Gasteiger partial charge is 0.481 e. The Morgan fingerprint density at radius 2 is 2.10 bits per heavy atom. The van der Waals surface area contributed by atoms with Gasteiger partial charge in [0.2, 0.25) is 0 Å². The number of allylic oxidation sites excluding steroid dienone is 1. The number of benzene rings is 1. The number of rotatable bonds is 2. The molecule has 1 spiro atoms. The zero-order valence-electron chi connectivity index (χ0n) is 17.4. The van der Waals surface area contributed by atoms with Gasteiger partial charge in [-0.05, 0) is 38.0 Å². The molecule has 29 heavy (non-hydrogen) atoms. The highest BCUT2D eigenvalue weighted by Gasteiger charge is 2.69. The summed E-state index contributed by atoms with van der Waals surface area (Å²) in [5, 5.41) is 0. The van der Waals surface area contributed by atoms with Crippen molar-refractivity contribution in [1.82, 2.24) is 0 Å². The Morgan fingerprint density at radius 3 is 2.86 bits per heavy atom. The van der Waals surface area contributed by atoms with E-state index in [0.717, 1.165) is 59.7 Å². The molecule has 3 heterocycles. The molecule has 1 saturated carbocycles. The zero-order valence-corrected chi connectivity index (χ0v) is 17.4. The summed E-state index contributed by atoms with van der Waals surface area (Å²) in [4.78, 5) is 13.0. The smallest absolute Gasteiger partial charge is 0.282 e. The Labute approximate surface area is 171 Å². The molecule has 5 heteroatoms. The first-order valence-electron chi connectivity index (χ1n) is 10.7. The maximum Gasteiger partial charge on any atom is 0.282 e. The molecule has 1 aromatic rings. The molecule has 1 aromatic carbocycles. The van der Waals surface area contributed by atoms with Crippen molar-refractivity contribution in [2.75, 3.05) is 20.1 Å². The van der Waals surface area contributed by atoms with Gasteiger partial charge in [-0.25, -0.2) is 0 Å². The normalized spacial score (nSPS) is 39.1. The van der Waals surface area contributed by atoms with Gasteiger partial charge in [0.05, 0.1) is 25.0 Å². The summed E-state index contributed by atoms with van der Waals surface area (Å²) in [6.45, 7) is 9.69. The number of ketones is 1. The predicted molar refractivity (Wildman–Crippen MR) is 107 cm³/mol. The van der Waals surface area contributed by atoms with Crippen molar-refractivity contribution in [3.63, 3.8) is 0 Å². The molecule has 2 aliphatic carbocycles. The van der Waals surface area contributed by atoms with Crippen LogP contribution < -0.4 is 4.74 Å². The van der Waals surface area contributed by atoms with Crippen LogP contribution in [-0.4, -0.2) is 42.5 Å². The summed E-state index contributed by atoms with van der Waals surface area (Å²) in [5.41, 5.74) is 3.78. The second kappa shape index (κ2) is 5.45. The van der Waals surface area contributed by atoms with Crippen LogP contribution in [0.2, 0.25) is 0 Å². The number of ether oxygens (including phenoxy) is 3. The van der Waals surface area contributed by atoms with Gasteiger partial charge in [0.1, 0.15) is 18.1 Å². The Kier molecular flexibility index (Phi) is 3.30. The number of likely N-dealkylation sites (N-methyl/N-ethyl adjacent to an activating group) is 1. The van der Waals surface area contributed by atoms with E-state index in [1.807, 2.05) is 6.92 Å². The number of aryl methyl sites for hydroxylation is 1. The summed E-state index contributed by atoms with van der Waals surface area (Å²) >= 11 is 0. The average Bonchev–Trinajstić information content (AvgIpc) is 3.19. The van der Waals surface area contributed by atoms with Crippen LogP contribution in [-0.2, 0) is 26.1 Å². The second-order valence-corrected chi connectivity index (χ2v) is 9.83. The molecule has 2 fully saturated rings. The van der Waals surface area contributed by atoms with Crippen LogP contribution in [0.1, 0.15) is 42.9 Å². The van der Waals surface area contributed by atoms with E-state index in [4.69, 9.17) is 14.2 Å². The minimum absolute atomic E-state index is 0.132. The van der Waals surface area contributed by atoms with E-state index in [0.29, 0.717) is 30.1 Å². The maximum absolute atomic E-state index is 13.0. The summed E-state index contributed by atoms with van der Waals surface area (Å²) in [7, 11) is 2.35. The van der Waals surface area contributed by atoms with Gasteiger partial charge in [-0.3, -0.25) is 4.79 Å². The fourth-order valence-electron chi connectivity index (χ4n) is 7.06. The minimum atomic E-state index is -0.292. The first-order chi connectivity index (χ1) is 13.8. The predicted octanol–water partition coefficient (Wildman–Crippen LogP) is 3.50. The Hall–Kier alpha value is -2.27. The van der Waals surface area contributed by atoms with Crippen molar-refractivity contribution >= 4 is 5.78 Å². The molecule has 5 atom stereocenters. The number of Topliss-reactive ketones (excluding diaryl/α,β-unsaturated/α-hetero) is 1. The highest BCUT2D eigenvalue weighted by Crippen LogP contribution is 2.63. The highest BCUT2D eigenvalue weighted by atomic mass is 16.7. The van der Waals surface area contributed by atoms with Crippen molar-refractivity contribution < 1.29 is 23.5 Å². The lowest BCUT2D eigenvalue weighted by atomic mass is 9.51. The number of hydrogen-bond donors (Lipinski definition) is 0. The van der Waals surface area contributed by atoms with Gasteiger partial charge in [-0.1, -0.05) is 12.1 Å². The Bertz CT molecular complexity index is 1010. The van der Waals surface area contributed by atoms with Gasteiger partial charge in [0, 0.05) is 30.7 Å². The average molecular weight is 394 g/mol. The molecule has 0 N–H and O–H groups in total. The van der Waals surface area contributed by atoms with E-state index in [2.05, 4.69) is 32.7 Å². The van der Waals surface area contributed by atoms with E-state index >= 15 is 0 Å². The van der Waals surface area contributed by atoms with Crippen molar-refractivity contribution in [3.05, 3.63) is 52.9 Å². The molecular formula is C24H28NO4+. The molecule has 6 rings (SSSR count). The molecule has 5 nitrogen and oxygen atoms in total. The number of quaternary nitrogens is 1. The van der Waals surface area contributed by atoms with Crippen LogP contribution in [0.25, 0.3) is 0 Å². The van der Waals surface area contributed by atoms with Crippen LogP contribution >= 0.6 is 0 Å². The molecule has 0 radical (unpaired) electrons. The lowest BCUT2D eigenvalue weighted by molar-refractivity contribution is -0.942. The summed E-state index contributed by atoms with van der Waals surface area (Å²) in [6, 6.07) is 4.89. The zero-order chi connectivity index (χ0) is 20.1. The molecule has 1 saturated heterocycles. The summed E-state index contributed by atoms with van der Waals surface area (Å²) in [6.07, 6.45) is 3.32. The van der Waals surface area contributed by atoms with Crippen LogP contribution in [0.4, 0.5) is 0 Å². The Balaban J connectivity index is 1.48. The molecule has 5 aliphatic rings. The first kappa shape index (κ1) is 17.6. The molecule has 2 bridgehead atoms. The van der Waals surface area contributed by atoms with Crippen molar-refractivity contribution in [2.45, 2.75) is 57.1 Å². The van der Waals surface area contributed by atoms with E-state index in [9.17, 15) is 4.79 Å². The quantitative estimate of drug-likeness (QED) is 0.721. The van der Waals surface area contributed by atoms with Crippen LogP contribution in [0.15, 0.2) is 36.2 Å². The SMILES string of the molecule is C=C1OC(C)=C(C[N@@+]2(C)CC[C@]34c5c6ccc(C)c5O[C@H]3C(=O)CC[C@H]4C2C6)O1.